The molecule has 5 rings (SSSR count). The number of amides is 2. The molecule has 4 heterocycles. The van der Waals surface area contributed by atoms with E-state index in [1.54, 1.807) is 12.3 Å². The molecule has 1 aromatic carbocycles. The summed E-state index contributed by atoms with van der Waals surface area (Å²) in [5.41, 5.74) is 4.12. The molecule has 164 valence electrons. The Hall–Kier alpha value is -3.25. The molecular weight excluding hydrogens is 400 g/mol. The minimum absolute atomic E-state index is 0.00853. The van der Waals surface area contributed by atoms with Gasteiger partial charge in [0.05, 0.1) is 5.41 Å². The Balaban J connectivity index is 1.26. The molecule has 1 saturated heterocycles. The molecule has 0 radical (unpaired) electrons. The van der Waals surface area contributed by atoms with Gasteiger partial charge in [0.2, 0.25) is 11.8 Å². The van der Waals surface area contributed by atoms with Gasteiger partial charge in [0.15, 0.2) is 0 Å². The van der Waals surface area contributed by atoms with E-state index in [2.05, 4.69) is 39.9 Å². The largest absolute Gasteiger partial charge is 0.335 e. The van der Waals surface area contributed by atoms with E-state index in [0.717, 1.165) is 50.0 Å². The number of hydrogen-bond donors (Lipinski definition) is 2. The van der Waals surface area contributed by atoms with E-state index in [1.165, 1.54) is 11.1 Å². The number of benzene rings is 1. The molecule has 32 heavy (non-hydrogen) atoms. The molecule has 6 nitrogen and oxygen atoms in total. The second-order valence-electron chi connectivity index (χ2n) is 8.90. The summed E-state index contributed by atoms with van der Waals surface area (Å²) in [6, 6.07) is 12.4. The van der Waals surface area contributed by atoms with Crippen LogP contribution in [-0.2, 0) is 16.0 Å². The lowest BCUT2D eigenvalue weighted by atomic mass is 9.71. The summed E-state index contributed by atoms with van der Waals surface area (Å²) >= 11 is 0. The Labute approximate surface area is 188 Å². The van der Waals surface area contributed by atoms with Crippen LogP contribution < -0.4 is 10.6 Å². The Morgan fingerprint density at radius 3 is 2.72 bits per heavy atom. The van der Waals surface area contributed by atoms with Gasteiger partial charge in [0, 0.05) is 25.4 Å². The minimum Gasteiger partial charge on any atom is -0.335 e. The van der Waals surface area contributed by atoms with Gasteiger partial charge in [0.1, 0.15) is 5.82 Å². The maximum absolute atomic E-state index is 12.7. The van der Waals surface area contributed by atoms with Crippen LogP contribution in [0, 0.1) is 5.41 Å². The molecule has 3 aliphatic rings. The van der Waals surface area contributed by atoms with Crippen molar-refractivity contribution in [3.63, 3.8) is 0 Å². The third kappa shape index (κ3) is 4.10. The monoisotopic (exact) mass is 428 g/mol. The fourth-order valence-electron chi connectivity index (χ4n) is 4.92. The number of nitrogens with one attached hydrogen (secondary N) is 2. The Morgan fingerprint density at radius 1 is 1.16 bits per heavy atom. The number of aromatic nitrogens is 1. The van der Waals surface area contributed by atoms with E-state index in [9.17, 15) is 9.59 Å². The van der Waals surface area contributed by atoms with Gasteiger partial charge in [-0.1, -0.05) is 36.4 Å². The fraction of sp³-hybridized carbons (Fsp3) is 0.346. The minimum atomic E-state index is -0.339. The van der Waals surface area contributed by atoms with Gasteiger partial charge in [-0.2, -0.15) is 0 Å². The zero-order valence-electron chi connectivity index (χ0n) is 18.1. The highest BCUT2D eigenvalue weighted by Crippen LogP contribution is 2.39. The van der Waals surface area contributed by atoms with Crippen LogP contribution in [0.5, 0.6) is 0 Å². The van der Waals surface area contributed by atoms with Crippen LogP contribution in [0.4, 0.5) is 5.82 Å². The average molecular weight is 429 g/mol. The Kier molecular flexibility index (Phi) is 5.62. The summed E-state index contributed by atoms with van der Waals surface area (Å²) in [7, 11) is 0. The zero-order valence-corrected chi connectivity index (χ0v) is 18.1. The molecule has 1 fully saturated rings. The van der Waals surface area contributed by atoms with Gasteiger partial charge < -0.3 is 15.5 Å². The maximum Gasteiger partial charge on any atom is 0.246 e. The molecule has 1 spiro atoms. The standard InChI is InChI=1S/C26H28N4O2/c31-23(30-14-8-21(9-15-30)20-4-2-1-3-5-20)7-6-19-16-22-17-26(10-12-27-13-11-26)25(32)29-24(22)28-18-19/h1-8,16,18,27H,9-15,17H2,(H,28,29,32). The molecule has 0 aliphatic carbocycles. The van der Waals surface area contributed by atoms with Gasteiger partial charge in [-0.05, 0) is 73.2 Å². The van der Waals surface area contributed by atoms with Gasteiger partial charge in [-0.3, -0.25) is 9.59 Å². The summed E-state index contributed by atoms with van der Waals surface area (Å²) in [4.78, 5) is 31.7. The molecule has 0 saturated carbocycles. The summed E-state index contributed by atoms with van der Waals surface area (Å²) in [5.74, 6) is 0.747. The summed E-state index contributed by atoms with van der Waals surface area (Å²) in [5, 5.41) is 6.33. The smallest absolute Gasteiger partial charge is 0.246 e. The highest BCUT2D eigenvalue weighted by Gasteiger charge is 2.43. The lowest BCUT2D eigenvalue weighted by molar-refractivity contribution is -0.127. The van der Waals surface area contributed by atoms with Crippen molar-refractivity contribution in [1.29, 1.82) is 0 Å². The van der Waals surface area contributed by atoms with Crippen LogP contribution in [0.1, 0.15) is 36.0 Å². The molecule has 3 aliphatic heterocycles. The number of hydrogen-bond acceptors (Lipinski definition) is 4. The SMILES string of the molecule is O=C(C=Cc1cnc2c(c1)CC1(CCNCC1)C(=O)N2)N1CC=C(c2ccccc2)CC1. The van der Waals surface area contributed by atoms with Gasteiger partial charge in [-0.25, -0.2) is 4.98 Å². The summed E-state index contributed by atoms with van der Waals surface area (Å²) in [6.07, 6.45) is 10.6. The second-order valence-corrected chi connectivity index (χ2v) is 8.90. The summed E-state index contributed by atoms with van der Waals surface area (Å²) in [6.45, 7) is 3.06. The molecule has 0 bridgehead atoms. The van der Waals surface area contributed by atoms with Crippen LogP contribution in [0.25, 0.3) is 11.6 Å². The molecular formula is C26H28N4O2. The van der Waals surface area contributed by atoms with Gasteiger partial charge in [0.25, 0.3) is 0 Å². The van der Waals surface area contributed by atoms with Crippen molar-refractivity contribution in [1.82, 2.24) is 15.2 Å². The van der Waals surface area contributed by atoms with Gasteiger partial charge >= 0.3 is 0 Å². The third-order valence-corrected chi connectivity index (χ3v) is 6.87. The highest BCUT2D eigenvalue weighted by molar-refractivity contribution is 5.98. The number of carbonyl (C=O) groups is 2. The lowest BCUT2D eigenvalue weighted by Gasteiger charge is -2.39. The van der Waals surface area contributed by atoms with Crippen molar-refractivity contribution in [3.8, 4) is 0 Å². The molecule has 2 aromatic rings. The normalized spacial score (nSPS) is 20.1. The van der Waals surface area contributed by atoms with Crippen LogP contribution in [0.15, 0.2) is 54.7 Å². The van der Waals surface area contributed by atoms with Crippen LogP contribution in [0.2, 0.25) is 0 Å². The van der Waals surface area contributed by atoms with Crippen LogP contribution in [-0.4, -0.2) is 47.9 Å². The van der Waals surface area contributed by atoms with Gasteiger partial charge in [-0.15, -0.1) is 0 Å². The second kappa shape index (κ2) is 8.71. The molecule has 2 amide bonds. The van der Waals surface area contributed by atoms with Crippen molar-refractivity contribution < 1.29 is 9.59 Å². The topological polar surface area (TPSA) is 74.3 Å². The maximum atomic E-state index is 12.7. The first-order chi connectivity index (χ1) is 15.6. The number of fused-ring (bicyclic) bond motifs is 1. The summed E-state index contributed by atoms with van der Waals surface area (Å²) < 4.78 is 0. The van der Waals surface area contributed by atoms with E-state index in [1.807, 2.05) is 29.2 Å². The van der Waals surface area contributed by atoms with E-state index in [-0.39, 0.29) is 17.2 Å². The van der Waals surface area contributed by atoms with Crippen LogP contribution in [0.3, 0.4) is 0 Å². The van der Waals surface area contributed by atoms with Crippen molar-refractivity contribution in [2.45, 2.75) is 25.7 Å². The van der Waals surface area contributed by atoms with Crippen molar-refractivity contribution in [2.75, 3.05) is 31.5 Å². The highest BCUT2D eigenvalue weighted by atomic mass is 16.2. The number of anilines is 1. The molecule has 0 atom stereocenters. The fourth-order valence-corrected chi connectivity index (χ4v) is 4.92. The first kappa shape index (κ1) is 20.6. The number of piperidine rings is 1. The molecule has 0 unspecified atom stereocenters. The quantitative estimate of drug-likeness (QED) is 0.736. The number of nitrogens with zero attached hydrogens (tertiary/aromatic N) is 2. The first-order valence-corrected chi connectivity index (χ1v) is 11.4. The molecule has 6 heteroatoms. The Morgan fingerprint density at radius 2 is 1.97 bits per heavy atom. The van der Waals surface area contributed by atoms with E-state index in [4.69, 9.17) is 0 Å². The van der Waals surface area contributed by atoms with Crippen molar-refractivity contribution in [2.24, 2.45) is 5.41 Å². The predicted octanol–water partition coefficient (Wildman–Crippen LogP) is 3.28. The number of rotatable bonds is 3. The number of pyridine rings is 1. The first-order valence-electron chi connectivity index (χ1n) is 11.4. The van der Waals surface area contributed by atoms with Crippen molar-refractivity contribution in [3.05, 3.63) is 71.4 Å². The number of carbonyl (C=O) groups excluding carboxylic acids is 2. The van der Waals surface area contributed by atoms with Crippen LogP contribution >= 0.6 is 0 Å². The molecule has 1 aromatic heterocycles. The van der Waals surface area contributed by atoms with E-state index >= 15 is 0 Å². The van der Waals surface area contributed by atoms with E-state index in [0.29, 0.717) is 18.8 Å². The Bertz CT molecular complexity index is 1080. The van der Waals surface area contributed by atoms with E-state index < -0.39 is 0 Å². The average Bonchev–Trinajstić information content (AvgIpc) is 2.84. The lowest BCUT2D eigenvalue weighted by Crippen LogP contribution is -2.48. The third-order valence-electron chi connectivity index (χ3n) is 6.87. The molecule has 2 N–H and O–H groups in total. The van der Waals surface area contributed by atoms with Crippen molar-refractivity contribution >= 4 is 29.3 Å². The zero-order chi connectivity index (χ0) is 22.0. The predicted molar refractivity (Wildman–Crippen MR) is 126 cm³/mol.